The molecule has 0 aromatic heterocycles. The minimum absolute atomic E-state index is 0.703. The van der Waals surface area contributed by atoms with Gasteiger partial charge in [0.2, 0.25) is 0 Å². The zero-order chi connectivity index (χ0) is 14.1. The summed E-state index contributed by atoms with van der Waals surface area (Å²) in [4.78, 5) is 2.38. The van der Waals surface area contributed by atoms with Gasteiger partial charge in [-0.1, -0.05) is 35.3 Å². The molecule has 0 saturated heterocycles. The van der Waals surface area contributed by atoms with E-state index < -0.39 is 0 Å². The first-order chi connectivity index (χ1) is 9.61. The second kappa shape index (κ2) is 5.65. The number of hydrogen-bond acceptors (Lipinski definition) is 2. The van der Waals surface area contributed by atoms with E-state index in [1.165, 1.54) is 11.1 Å². The van der Waals surface area contributed by atoms with E-state index in [0.29, 0.717) is 5.69 Å². The SMILES string of the molecule is Nc1ccc(CN2CCc3ccc(Cl)cc3C2)c(Cl)c1. The van der Waals surface area contributed by atoms with Crippen LogP contribution in [0.15, 0.2) is 36.4 Å². The topological polar surface area (TPSA) is 29.3 Å². The van der Waals surface area contributed by atoms with E-state index in [2.05, 4.69) is 17.0 Å². The average Bonchev–Trinajstić information content (AvgIpc) is 2.41. The maximum absolute atomic E-state index is 6.25. The highest BCUT2D eigenvalue weighted by molar-refractivity contribution is 6.31. The zero-order valence-corrected chi connectivity index (χ0v) is 12.6. The van der Waals surface area contributed by atoms with Crippen LogP contribution in [-0.4, -0.2) is 11.4 Å². The van der Waals surface area contributed by atoms with Gasteiger partial charge >= 0.3 is 0 Å². The van der Waals surface area contributed by atoms with Crippen LogP contribution in [0.2, 0.25) is 10.0 Å². The van der Waals surface area contributed by atoms with E-state index in [0.717, 1.165) is 41.7 Å². The molecule has 2 N–H and O–H groups in total. The molecule has 1 heterocycles. The van der Waals surface area contributed by atoms with Crippen molar-refractivity contribution in [3.05, 3.63) is 63.1 Å². The van der Waals surface area contributed by atoms with Crippen LogP contribution in [0.3, 0.4) is 0 Å². The molecule has 0 unspecified atom stereocenters. The fourth-order valence-corrected chi connectivity index (χ4v) is 3.10. The number of anilines is 1. The Bertz CT molecular complexity index is 640. The van der Waals surface area contributed by atoms with Crippen molar-refractivity contribution in [1.82, 2.24) is 4.90 Å². The first-order valence-corrected chi connectivity index (χ1v) is 7.41. The molecular formula is C16H16Cl2N2. The number of benzene rings is 2. The summed E-state index contributed by atoms with van der Waals surface area (Å²) in [6.45, 7) is 2.79. The van der Waals surface area contributed by atoms with Gasteiger partial charge in [-0.25, -0.2) is 0 Å². The molecule has 4 heteroatoms. The van der Waals surface area contributed by atoms with E-state index >= 15 is 0 Å². The van der Waals surface area contributed by atoms with Crippen LogP contribution in [0.5, 0.6) is 0 Å². The Morgan fingerprint density at radius 3 is 2.70 bits per heavy atom. The van der Waals surface area contributed by atoms with Gasteiger partial charge in [0.25, 0.3) is 0 Å². The zero-order valence-electron chi connectivity index (χ0n) is 11.1. The summed E-state index contributed by atoms with van der Waals surface area (Å²) >= 11 is 12.3. The molecule has 1 aliphatic rings. The van der Waals surface area contributed by atoms with E-state index in [1.54, 1.807) is 0 Å². The predicted molar refractivity (Wildman–Crippen MR) is 85.1 cm³/mol. The van der Waals surface area contributed by atoms with Crippen LogP contribution in [0, 0.1) is 0 Å². The van der Waals surface area contributed by atoms with Gasteiger partial charge in [0.05, 0.1) is 0 Å². The lowest BCUT2D eigenvalue weighted by Crippen LogP contribution is -2.30. The molecule has 0 spiro atoms. The average molecular weight is 307 g/mol. The molecule has 0 saturated carbocycles. The number of nitrogen functional groups attached to an aromatic ring is 1. The third-order valence-electron chi connectivity index (χ3n) is 3.73. The Hall–Kier alpha value is -1.22. The molecule has 2 nitrogen and oxygen atoms in total. The van der Waals surface area contributed by atoms with Gasteiger partial charge in [-0.15, -0.1) is 0 Å². The minimum atomic E-state index is 0.703. The third kappa shape index (κ3) is 2.93. The first-order valence-electron chi connectivity index (χ1n) is 6.65. The molecule has 0 atom stereocenters. The number of halogens is 2. The van der Waals surface area contributed by atoms with Crippen LogP contribution in [0.4, 0.5) is 5.69 Å². The summed E-state index contributed by atoms with van der Waals surface area (Å²) in [5, 5.41) is 1.54. The van der Waals surface area contributed by atoms with Crippen LogP contribution >= 0.6 is 23.2 Å². The van der Waals surface area contributed by atoms with Crippen LogP contribution < -0.4 is 5.73 Å². The van der Waals surface area contributed by atoms with Gasteiger partial charge in [0, 0.05) is 35.4 Å². The molecule has 20 heavy (non-hydrogen) atoms. The van der Waals surface area contributed by atoms with Crippen molar-refractivity contribution < 1.29 is 0 Å². The third-order valence-corrected chi connectivity index (χ3v) is 4.32. The molecule has 2 aromatic rings. The number of fused-ring (bicyclic) bond motifs is 1. The molecule has 104 valence electrons. The van der Waals surface area contributed by atoms with Crippen LogP contribution in [0.1, 0.15) is 16.7 Å². The highest BCUT2D eigenvalue weighted by Crippen LogP contribution is 2.26. The molecule has 3 rings (SSSR count). The van der Waals surface area contributed by atoms with E-state index in [4.69, 9.17) is 28.9 Å². The molecule has 0 aliphatic carbocycles. The first kappa shape index (κ1) is 13.7. The Kier molecular flexibility index (Phi) is 3.88. The second-order valence-electron chi connectivity index (χ2n) is 5.22. The van der Waals surface area contributed by atoms with Crippen molar-refractivity contribution in [3.63, 3.8) is 0 Å². The fraction of sp³-hybridized carbons (Fsp3) is 0.250. The lowest BCUT2D eigenvalue weighted by Gasteiger charge is -2.29. The maximum Gasteiger partial charge on any atom is 0.0471 e. The predicted octanol–water partition coefficient (Wildman–Crippen LogP) is 4.13. The van der Waals surface area contributed by atoms with Crippen molar-refractivity contribution >= 4 is 28.9 Å². The van der Waals surface area contributed by atoms with Gasteiger partial charge in [0.15, 0.2) is 0 Å². The van der Waals surface area contributed by atoms with E-state index in [9.17, 15) is 0 Å². The molecule has 0 fully saturated rings. The summed E-state index contributed by atoms with van der Waals surface area (Å²) in [5.74, 6) is 0. The number of nitrogens with two attached hydrogens (primary N) is 1. The number of nitrogens with zero attached hydrogens (tertiary/aromatic N) is 1. The van der Waals surface area contributed by atoms with Crippen molar-refractivity contribution in [2.75, 3.05) is 12.3 Å². The quantitative estimate of drug-likeness (QED) is 0.845. The maximum atomic E-state index is 6.25. The van der Waals surface area contributed by atoms with E-state index in [1.807, 2.05) is 24.3 Å². The van der Waals surface area contributed by atoms with Crippen molar-refractivity contribution in [2.45, 2.75) is 19.5 Å². The lowest BCUT2D eigenvalue weighted by atomic mass is 9.99. The summed E-state index contributed by atoms with van der Waals surface area (Å²) in [6.07, 6.45) is 1.05. The molecule has 0 amide bonds. The fourth-order valence-electron chi connectivity index (χ4n) is 2.65. The largest absolute Gasteiger partial charge is 0.399 e. The molecule has 0 bridgehead atoms. The minimum Gasteiger partial charge on any atom is -0.399 e. The Morgan fingerprint density at radius 1 is 1.05 bits per heavy atom. The number of rotatable bonds is 2. The Morgan fingerprint density at radius 2 is 1.90 bits per heavy atom. The molecule has 2 aromatic carbocycles. The molecule has 1 aliphatic heterocycles. The smallest absolute Gasteiger partial charge is 0.0471 e. The molecule has 0 radical (unpaired) electrons. The standard InChI is InChI=1S/C16H16Cl2N2/c17-14-3-1-11-5-6-20(10-13(11)7-14)9-12-2-4-15(19)8-16(12)18/h1-4,7-8H,5-6,9-10,19H2. The van der Waals surface area contributed by atoms with Crippen molar-refractivity contribution in [2.24, 2.45) is 0 Å². The highest BCUT2D eigenvalue weighted by atomic mass is 35.5. The second-order valence-corrected chi connectivity index (χ2v) is 6.07. The number of hydrogen-bond donors (Lipinski definition) is 1. The lowest BCUT2D eigenvalue weighted by molar-refractivity contribution is 0.245. The summed E-state index contributed by atoms with van der Waals surface area (Å²) < 4.78 is 0. The monoisotopic (exact) mass is 306 g/mol. The van der Waals surface area contributed by atoms with Crippen molar-refractivity contribution in [1.29, 1.82) is 0 Å². The van der Waals surface area contributed by atoms with Crippen LogP contribution in [0.25, 0.3) is 0 Å². The Balaban J connectivity index is 1.77. The van der Waals surface area contributed by atoms with E-state index in [-0.39, 0.29) is 0 Å². The van der Waals surface area contributed by atoms with Gasteiger partial charge in [-0.2, -0.15) is 0 Å². The highest BCUT2D eigenvalue weighted by Gasteiger charge is 2.17. The Labute approximate surface area is 129 Å². The summed E-state index contributed by atoms with van der Waals surface area (Å²) in [7, 11) is 0. The molecular weight excluding hydrogens is 291 g/mol. The van der Waals surface area contributed by atoms with Gasteiger partial charge in [0.1, 0.15) is 0 Å². The van der Waals surface area contributed by atoms with Crippen LogP contribution in [-0.2, 0) is 19.5 Å². The van der Waals surface area contributed by atoms with Gasteiger partial charge in [-0.05, 0) is 47.4 Å². The van der Waals surface area contributed by atoms with Crippen molar-refractivity contribution in [3.8, 4) is 0 Å². The normalized spacial score (nSPS) is 15.1. The summed E-state index contributed by atoms with van der Waals surface area (Å²) in [6, 6.07) is 11.9. The summed E-state index contributed by atoms with van der Waals surface area (Å²) in [5.41, 5.74) is 10.3. The van der Waals surface area contributed by atoms with Gasteiger partial charge < -0.3 is 5.73 Å². The van der Waals surface area contributed by atoms with Gasteiger partial charge in [-0.3, -0.25) is 4.90 Å².